The molecule has 1 aromatic heterocycles. The standard InChI is InChI=1S/C12H12FN3O2/c13-10-3-1-9(2-4-10)7-16-8-11(14-15-16)12-17-5-6-18-12/h1-4,8,12H,5-7H2. The minimum atomic E-state index is -0.410. The van der Waals surface area contributed by atoms with E-state index in [1.165, 1.54) is 12.1 Å². The van der Waals surface area contributed by atoms with Crippen molar-refractivity contribution in [2.24, 2.45) is 0 Å². The predicted molar refractivity (Wildman–Crippen MR) is 60.2 cm³/mol. The van der Waals surface area contributed by atoms with E-state index in [-0.39, 0.29) is 5.82 Å². The summed E-state index contributed by atoms with van der Waals surface area (Å²) >= 11 is 0. The second-order valence-corrected chi connectivity index (χ2v) is 4.04. The number of ether oxygens (including phenoxy) is 2. The molecule has 2 heterocycles. The van der Waals surface area contributed by atoms with Crippen LogP contribution in [0.25, 0.3) is 0 Å². The maximum absolute atomic E-state index is 12.8. The van der Waals surface area contributed by atoms with Gasteiger partial charge in [0.25, 0.3) is 0 Å². The van der Waals surface area contributed by atoms with Crippen LogP contribution >= 0.6 is 0 Å². The third kappa shape index (κ3) is 2.39. The van der Waals surface area contributed by atoms with Gasteiger partial charge in [-0.2, -0.15) is 0 Å². The third-order valence-electron chi connectivity index (χ3n) is 2.68. The second-order valence-electron chi connectivity index (χ2n) is 4.04. The van der Waals surface area contributed by atoms with Crippen LogP contribution in [0.15, 0.2) is 30.5 Å². The minimum absolute atomic E-state index is 0.245. The second kappa shape index (κ2) is 4.83. The van der Waals surface area contributed by atoms with E-state index < -0.39 is 6.29 Å². The van der Waals surface area contributed by atoms with Crippen LogP contribution in [0.3, 0.4) is 0 Å². The Bertz CT molecular complexity index is 520. The Morgan fingerprint density at radius 1 is 1.22 bits per heavy atom. The Balaban J connectivity index is 1.71. The lowest BCUT2D eigenvalue weighted by Crippen LogP contribution is -2.00. The van der Waals surface area contributed by atoms with Crippen molar-refractivity contribution in [3.63, 3.8) is 0 Å². The highest BCUT2D eigenvalue weighted by Gasteiger charge is 2.21. The number of halogens is 1. The van der Waals surface area contributed by atoms with Gasteiger partial charge in [-0.1, -0.05) is 17.3 Å². The molecular formula is C12H12FN3O2. The van der Waals surface area contributed by atoms with E-state index in [1.807, 2.05) is 0 Å². The summed E-state index contributed by atoms with van der Waals surface area (Å²) in [5, 5.41) is 7.99. The first-order valence-electron chi connectivity index (χ1n) is 5.69. The van der Waals surface area contributed by atoms with E-state index >= 15 is 0 Å². The van der Waals surface area contributed by atoms with Gasteiger partial charge in [0.1, 0.15) is 11.5 Å². The average molecular weight is 249 g/mol. The number of aromatic nitrogens is 3. The summed E-state index contributed by atoms with van der Waals surface area (Å²) in [5.74, 6) is -0.245. The molecule has 6 heteroatoms. The summed E-state index contributed by atoms with van der Waals surface area (Å²) in [7, 11) is 0. The van der Waals surface area contributed by atoms with Crippen molar-refractivity contribution in [2.75, 3.05) is 13.2 Å². The fourth-order valence-corrected chi connectivity index (χ4v) is 1.80. The Hall–Kier alpha value is -1.79. The molecule has 3 rings (SSSR count). The van der Waals surface area contributed by atoms with Crippen molar-refractivity contribution in [1.29, 1.82) is 0 Å². The number of rotatable bonds is 3. The van der Waals surface area contributed by atoms with Gasteiger partial charge in [-0.05, 0) is 17.7 Å². The minimum Gasteiger partial charge on any atom is -0.345 e. The van der Waals surface area contributed by atoms with E-state index in [0.29, 0.717) is 25.5 Å². The topological polar surface area (TPSA) is 49.2 Å². The van der Waals surface area contributed by atoms with Crippen LogP contribution in [0.2, 0.25) is 0 Å². The molecule has 0 unspecified atom stereocenters. The summed E-state index contributed by atoms with van der Waals surface area (Å²) in [6, 6.07) is 6.30. The monoisotopic (exact) mass is 249 g/mol. The molecule has 1 aromatic carbocycles. The molecule has 2 aromatic rings. The average Bonchev–Trinajstić information content (AvgIpc) is 3.02. The molecule has 0 amide bonds. The molecular weight excluding hydrogens is 237 g/mol. The van der Waals surface area contributed by atoms with E-state index in [0.717, 1.165) is 5.56 Å². The molecule has 94 valence electrons. The van der Waals surface area contributed by atoms with Gasteiger partial charge in [0, 0.05) is 0 Å². The third-order valence-corrected chi connectivity index (χ3v) is 2.68. The summed E-state index contributed by atoms with van der Waals surface area (Å²) < 4.78 is 25.1. The van der Waals surface area contributed by atoms with Gasteiger partial charge in [-0.25, -0.2) is 9.07 Å². The number of hydrogen-bond acceptors (Lipinski definition) is 4. The smallest absolute Gasteiger partial charge is 0.204 e. The van der Waals surface area contributed by atoms with Gasteiger partial charge in [0.05, 0.1) is 26.0 Å². The van der Waals surface area contributed by atoms with Crippen molar-refractivity contribution in [3.8, 4) is 0 Å². The fourth-order valence-electron chi connectivity index (χ4n) is 1.80. The van der Waals surface area contributed by atoms with Crippen molar-refractivity contribution in [2.45, 2.75) is 12.8 Å². The van der Waals surface area contributed by atoms with Gasteiger partial charge in [-0.15, -0.1) is 5.10 Å². The number of hydrogen-bond donors (Lipinski definition) is 0. The van der Waals surface area contributed by atoms with Gasteiger partial charge >= 0.3 is 0 Å². The van der Waals surface area contributed by atoms with Crippen LogP contribution in [0.4, 0.5) is 4.39 Å². The van der Waals surface area contributed by atoms with Crippen LogP contribution in [0.5, 0.6) is 0 Å². The van der Waals surface area contributed by atoms with Crippen molar-refractivity contribution in [3.05, 3.63) is 47.5 Å². The lowest BCUT2D eigenvalue weighted by molar-refractivity contribution is -0.0473. The summed E-state index contributed by atoms with van der Waals surface area (Å²) in [6.45, 7) is 1.70. The molecule has 0 atom stereocenters. The molecule has 0 aliphatic carbocycles. The zero-order valence-electron chi connectivity index (χ0n) is 9.62. The van der Waals surface area contributed by atoms with Crippen LogP contribution < -0.4 is 0 Å². The van der Waals surface area contributed by atoms with Gasteiger partial charge in [0.15, 0.2) is 0 Å². The molecule has 1 fully saturated rings. The highest BCUT2D eigenvalue weighted by Crippen LogP contribution is 2.20. The number of benzene rings is 1. The van der Waals surface area contributed by atoms with Gasteiger partial charge in [-0.3, -0.25) is 0 Å². The van der Waals surface area contributed by atoms with Gasteiger partial charge < -0.3 is 9.47 Å². The van der Waals surface area contributed by atoms with Crippen LogP contribution in [0.1, 0.15) is 17.5 Å². The first-order valence-corrected chi connectivity index (χ1v) is 5.69. The van der Waals surface area contributed by atoms with Crippen molar-refractivity contribution in [1.82, 2.24) is 15.0 Å². The number of nitrogens with zero attached hydrogens (tertiary/aromatic N) is 3. The summed E-state index contributed by atoms with van der Waals surface area (Å²) in [5.41, 5.74) is 1.62. The Morgan fingerprint density at radius 3 is 2.67 bits per heavy atom. The fraction of sp³-hybridized carbons (Fsp3) is 0.333. The molecule has 1 aliphatic heterocycles. The van der Waals surface area contributed by atoms with E-state index in [2.05, 4.69) is 10.3 Å². The van der Waals surface area contributed by atoms with Crippen molar-refractivity contribution >= 4 is 0 Å². The quantitative estimate of drug-likeness (QED) is 0.827. The molecule has 0 saturated carbocycles. The molecule has 0 radical (unpaired) electrons. The largest absolute Gasteiger partial charge is 0.345 e. The summed E-state index contributed by atoms with van der Waals surface area (Å²) in [4.78, 5) is 0. The predicted octanol–water partition coefficient (Wildman–Crippen LogP) is 1.51. The highest BCUT2D eigenvalue weighted by atomic mass is 19.1. The zero-order valence-corrected chi connectivity index (χ0v) is 9.62. The molecule has 18 heavy (non-hydrogen) atoms. The molecule has 5 nitrogen and oxygen atoms in total. The lowest BCUT2D eigenvalue weighted by atomic mass is 10.2. The molecule has 0 spiro atoms. The Labute approximate surface area is 103 Å². The zero-order chi connectivity index (χ0) is 12.4. The lowest BCUT2D eigenvalue weighted by Gasteiger charge is -2.03. The van der Waals surface area contributed by atoms with E-state index in [4.69, 9.17) is 9.47 Å². The van der Waals surface area contributed by atoms with Crippen LogP contribution in [-0.4, -0.2) is 28.2 Å². The molecule has 1 saturated heterocycles. The summed E-state index contributed by atoms with van der Waals surface area (Å²) in [6.07, 6.45) is 1.37. The normalized spacial score (nSPS) is 16.3. The molecule has 1 aliphatic rings. The first kappa shape index (κ1) is 11.3. The molecule has 0 bridgehead atoms. The SMILES string of the molecule is Fc1ccc(Cn2cc(C3OCCO3)nn2)cc1. The maximum Gasteiger partial charge on any atom is 0.204 e. The Kier molecular flexibility index (Phi) is 3.04. The maximum atomic E-state index is 12.8. The highest BCUT2D eigenvalue weighted by molar-refractivity contribution is 5.16. The van der Waals surface area contributed by atoms with E-state index in [1.54, 1.807) is 23.0 Å². The van der Waals surface area contributed by atoms with Crippen LogP contribution in [0, 0.1) is 5.82 Å². The Morgan fingerprint density at radius 2 is 1.94 bits per heavy atom. The van der Waals surface area contributed by atoms with Crippen LogP contribution in [-0.2, 0) is 16.0 Å². The van der Waals surface area contributed by atoms with Gasteiger partial charge in [0.2, 0.25) is 6.29 Å². The molecule has 0 N–H and O–H groups in total. The van der Waals surface area contributed by atoms with E-state index in [9.17, 15) is 4.39 Å². The first-order chi connectivity index (χ1) is 8.81. The van der Waals surface area contributed by atoms with Crippen molar-refractivity contribution < 1.29 is 13.9 Å².